The summed E-state index contributed by atoms with van der Waals surface area (Å²) in [5, 5.41) is 1.03. The lowest BCUT2D eigenvalue weighted by Gasteiger charge is -2.23. The van der Waals surface area contributed by atoms with Crippen LogP contribution in [0.3, 0.4) is 0 Å². The zero-order valence-electron chi connectivity index (χ0n) is 11.3. The van der Waals surface area contributed by atoms with E-state index in [2.05, 4.69) is 52.9 Å². The fourth-order valence-corrected chi connectivity index (χ4v) is 3.07. The lowest BCUT2D eigenvalue weighted by atomic mass is 10.1. The number of hydrogen-bond donors (Lipinski definition) is 0. The van der Waals surface area contributed by atoms with Crippen LogP contribution in [0.1, 0.15) is 24.5 Å². The monoisotopic (exact) mass is 311 g/mol. The predicted molar refractivity (Wildman–Crippen MR) is 79.8 cm³/mol. The smallest absolute Gasteiger partial charge is 0.123 e. The number of nitrogens with zero attached hydrogens (tertiary/aromatic N) is 1. The molecule has 0 fully saturated rings. The minimum atomic E-state index is 0.326. The molecule has 1 atom stereocenters. The molecule has 1 aromatic rings. The van der Waals surface area contributed by atoms with Crippen LogP contribution in [0.5, 0.6) is 5.75 Å². The third-order valence-electron chi connectivity index (χ3n) is 3.36. The highest BCUT2D eigenvalue weighted by Gasteiger charge is 2.24. The molecule has 0 spiro atoms. The Hall–Kier alpha value is -0.540. The first-order valence-electron chi connectivity index (χ1n) is 6.77. The summed E-state index contributed by atoms with van der Waals surface area (Å²) in [5.41, 5.74) is 2.69. The van der Waals surface area contributed by atoms with E-state index in [0.29, 0.717) is 6.10 Å². The summed E-state index contributed by atoms with van der Waals surface area (Å²) < 4.78 is 6.03. The number of alkyl halides is 1. The quantitative estimate of drug-likeness (QED) is 0.747. The average Bonchev–Trinajstić information content (AvgIpc) is 2.71. The second-order valence-electron chi connectivity index (χ2n) is 5.04. The molecule has 2 rings (SSSR count). The van der Waals surface area contributed by atoms with Crippen molar-refractivity contribution >= 4 is 15.9 Å². The van der Waals surface area contributed by atoms with Crippen LogP contribution in [0.4, 0.5) is 0 Å². The highest BCUT2D eigenvalue weighted by atomic mass is 79.9. The van der Waals surface area contributed by atoms with Crippen molar-refractivity contribution in [2.45, 2.75) is 32.8 Å². The molecule has 1 aliphatic heterocycles. The molecule has 0 saturated carbocycles. The molecule has 0 amide bonds. The zero-order valence-corrected chi connectivity index (χ0v) is 12.9. The molecular weight excluding hydrogens is 290 g/mol. The van der Waals surface area contributed by atoms with Gasteiger partial charge in [-0.15, -0.1) is 0 Å². The number of benzene rings is 1. The van der Waals surface area contributed by atoms with Crippen LogP contribution in [0.2, 0.25) is 0 Å². The molecular formula is C15H22BrNO. The zero-order chi connectivity index (χ0) is 13.0. The number of hydrogen-bond acceptors (Lipinski definition) is 2. The lowest BCUT2D eigenvalue weighted by Crippen LogP contribution is -2.36. The van der Waals surface area contributed by atoms with Crippen molar-refractivity contribution in [1.82, 2.24) is 4.90 Å². The van der Waals surface area contributed by atoms with Crippen LogP contribution in [0, 0.1) is 6.92 Å². The maximum absolute atomic E-state index is 6.03. The second kappa shape index (κ2) is 6.58. The lowest BCUT2D eigenvalue weighted by molar-refractivity contribution is 0.155. The van der Waals surface area contributed by atoms with Gasteiger partial charge in [0.1, 0.15) is 11.9 Å². The Labute approximate surface area is 118 Å². The number of fused-ring (bicyclic) bond motifs is 1. The van der Waals surface area contributed by atoms with Crippen LogP contribution >= 0.6 is 15.9 Å². The first kappa shape index (κ1) is 13.9. The summed E-state index contributed by atoms with van der Waals surface area (Å²) in [6, 6.07) is 6.49. The van der Waals surface area contributed by atoms with Gasteiger partial charge in [-0.2, -0.15) is 0 Å². The molecule has 1 aliphatic rings. The molecule has 0 aromatic heterocycles. The van der Waals surface area contributed by atoms with Crippen LogP contribution in [0.25, 0.3) is 0 Å². The molecule has 2 nitrogen and oxygen atoms in total. The van der Waals surface area contributed by atoms with E-state index in [9.17, 15) is 0 Å². The van der Waals surface area contributed by atoms with E-state index < -0.39 is 0 Å². The van der Waals surface area contributed by atoms with E-state index in [-0.39, 0.29) is 0 Å². The van der Waals surface area contributed by atoms with Gasteiger partial charge < -0.3 is 4.74 Å². The molecule has 0 radical (unpaired) electrons. The Balaban J connectivity index is 1.93. The third kappa shape index (κ3) is 3.48. The van der Waals surface area contributed by atoms with Gasteiger partial charge in [-0.1, -0.05) is 40.5 Å². The van der Waals surface area contributed by atoms with Gasteiger partial charge in [0.2, 0.25) is 0 Å². The maximum Gasteiger partial charge on any atom is 0.123 e. The van der Waals surface area contributed by atoms with E-state index in [0.717, 1.165) is 37.1 Å². The van der Waals surface area contributed by atoms with Crippen molar-refractivity contribution in [1.29, 1.82) is 0 Å². The first-order valence-corrected chi connectivity index (χ1v) is 7.89. The summed E-state index contributed by atoms with van der Waals surface area (Å²) in [6.45, 7) is 7.66. The van der Waals surface area contributed by atoms with Crippen molar-refractivity contribution in [3.63, 3.8) is 0 Å². The van der Waals surface area contributed by atoms with Gasteiger partial charge >= 0.3 is 0 Å². The second-order valence-corrected chi connectivity index (χ2v) is 5.84. The van der Waals surface area contributed by atoms with E-state index in [1.807, 2.05) is 0 Å². The highest BCUT2D eigenvalue weighted by molar-refractivity contribution is 9.09. The van der Waals surface area contributed by atoms with Crippen molar-refractivity contribution in [2.75, 3.05) is 25.0 Å². The van der Waals surface area contributed by atoms with E-state index >= 15 is 0 Å². The highest BCUT2D eigenvalue weighted by Crippen LogP contribution is 2.29. The SMILES string of the molecule is CCCN(CCBr)CC1Cc2cc(C)ccc2O1. The van der Waals surface area contributed by atoms with Crippen LogP contribution in [-0.4, -0.2) is 36.0 Å². The Morgan fingerprint density at radius 1 is 1.39 bits per heavy atom. The third-order valence-corrected chi connectivity index (χ3v) is 3.71. The largest absolute Gasteiger partial charge is 0.488 e. The summed E-state index contributed by atoms with van der Waals surface area (Å²) in [5.74, 6) is 1.08. The van der Waals surface area contributed by atoms with Crippen molar-refractivity contribution in [2.24, 2.45) is 0 Å². The average molecular weight is 312 g/mol. The van der Waals surface area contributed by atoms with Crippen LogP contribution < -0.4 is 4.74 Å². The Morgan fingerprint density at radius 2 is 2.22 bits per heavy atom. The van der Waals surface area contributed by atoms with E-state index in [4.69, 9.17) is 4.74 Å². The summed E-state index contributed by atoms with van der Waals surface area (Å²) >= 11 is 3.52. The number of rotatable bonds is 6. The van der Waals surface area contributed by atoms with Crippen molar-refractivity contribution in [3.8, 4) is 5.75 Å². The van der Waals surface area contributed by atoms with Crippen molar-refractivity contribution < 1.29 is 4.74 Å². The van der Waals surface area contributed by atoms with Gasteiger partial charge in [-0.25, -0.2) is 0 Å². The van der Waals surface area contributed by atoms with Gasteiger partial charge in [-0.05, 0) is 31.5 Å². The predicted octanol–water partition coefficient (Wildman–Crippen LogP) is 3.41. The molecule has 100 valence electrons. The van der Waals surface area contributed by atoms with Crippen LogP contribution in [-0.2, 0) is 6.42 Å². The number of aryl methyl sites for hydroxylation is 1. The van der Waals surface area contributed by atoms with Gasteiger partial charge in [0.25, 0.3) is 0 Å². The van der Waals surface area contributed by atoms with Gasteiger partial charge in [0, 0.05) is 24.8 Å². The normalized spacial score (nSPS) is 17.9. The Bertz CT molecular complexity index is 388. The van der Waals surface area contributed by atoms with Gasteiger partial charge in [0.05, 0.1) is 0 Å². The number of halogens is 1. The van der Waals surface area contributed by atoms with Gasteiger partial charge in [-0.3, -0.25) is 4.90 Å². The fraction of sp³-hybridized carbons (Fsp3) is 0.600. The van der Waals surface area contributed by atoms with E-state index in [1.165, 1.54) is 17.5 Å². The fourth-order valence-electron chi connectivity index (χ4n) is 2.57. The Kier molecular flexibility index (Phi) is 5.07. The minimum Gasteiger partial charge on any atom is -0.488 e. The molecule has 0 aliphatic carbocycles. The summed E-state index contributed by atoms with van der Waals surface area (Å²) in [6.07, 6.45) is 2.58. The Morgan fingerprint density at radius 3 is 2.94 bits per heavy atom. The van der Waals surface area contributed by atoms with Crippen LogP contribution in [0.15, 0.2) is 18.2 Å². The van der Waals surface area contributed by atoms with Gasteiger partial charge in [0.15, 0.2) is 0 Å². The molecule has 1 unspecified atom stereocenters. The van der Waals surface area contributed by atoms with E-state index in [1.54, 1.807) is 0 Å². The molecule has 0 N–H and O–H groups in total. The molecule has 18 heavy (non-hydrogen) atoms. The standard InChI is InChI=1S/C15H22BrNO/c1-3-7-17(8-6-16)11-14-10-13-9-12(2)4-5-15(13)18-14/h4-5,9,14H,3,6-8,10-11H2,1-2H3. The molecule has 1 aromatic carbocycles. The molecule has 3 heteroatoms. The molecule has 0 bridgehead atoms. The molecule has 1 heterocycles. The minimum absolute atomic E-state index is 0.326. The summed E-state index contributed by atoms with van der Waals surface area (Å²) in [4.78, 5) is 2.48. The number of ether oxygens (including phenoxy) is 1. The summed E-state index contributed by atoms with van der Waals surface area (Å²) in [7, 11) is 0. The van der Waals surface area contributed by atoms with Crippen molar-refractivity contribution in [3.05, 3.63) is 29.3 Å². The first-order chi connectivity index (χ1) is 8.72. The topological polar surface area (TPSA) is 12.5 Å². The molecule has 0 saturated heterocycles. The maximum atomic E-state index is 6.03.